The predicted molar refractivity (Wildman–Crippen MR) is 73.5 cm³/mol. The highest BCUT2D eigenvalue weighted by atomic mass is 32.2. The fourth-order valence-corrected chi connectivity index (χ4v) is 2.79. The fourth-order valence-electron chi connectivity index (χ4n) is 1.86. The van der Waals surface area contributed by atoms with Crippen LogP contribution in [0.1, 0.15) is 16.7 Å². The third kappa shape index (κ3) is 4.61. The topological polar surface area (TPSA) is 139 Å². The van der Waals surface area contributed by atoms with Crippen LogP contribution in [0, 0.1) is 30.9 Å². The number of aromatic amines is 1. The Morgan fingerprint density at radius 3 is 2.05 bits per heavy atom. The summed E-state index contributed by atoms with van der Waals surface area (Å²) in [5.41, 5.74) is 2.16. The van der Waals surface area contributed by atoms with E-state index >= 15 is 0 Å². The molecule has 2 N–H and O–H groups in total. The summed E-state index contributed by atoms with van der Waals surface area (Å²) in [7, 11) is -4.08. The molecule has 0 atom stereocenters. The molecule has 21 heavy (non-hydrogen) atoms. The zero-order chi connectivity index (χ0) is 16.2. The van der Waals surface area contributed by atoms with Gasteiger partial charge in [0.05, 0.1) is 4.90 Å². The van der Waals surface area contributed by atoms with Gasteiger partial charge in [-0.25, -0.2) is 5.10 Å². The largest absolute Gasteiger partial charge is 0.410 e. The first-order valence-corrected chi connectivity index (χ1v) is 7.13. The number of nitrogens with one attached hydrogen (secondary N) is 1. The van der Waals surface area contributed by atoms with Gasteiger partial charge in [-0.3, -0.25) is 4.55 Å². The molecule has 1 aromatic heterocycles. The molecule has 1 heterocycles. The molecule has 0 radical (unpaired) electrons. The molecule has 2 rings (SSSR count). The van der Waals surface area contributed by atoms with E-state index in [4.69, 9.17) is 4.55 Å². The van der Waals surface area contributed by atoms with Crippen molar-refractivity contribution in [3.05, 3.63) is 45.1 Å². The van der Waals surface area contributed by atoms with E-state index in [1.54, 1.807) is 26.0 Å². The van der Waals surface area contributed by atoms with Crippen molar-refractivity contribution in [1.29, 1.82) is 0 Å². The lowest BCUT2D eigenvalue weighted by Gasteiger charge is -2.07. The standard InChI is InChI=1S/C9H12O3S.C2H2N4O2/c1-6-4-7(2)9(8(3)5-6)13(10,11)12;7-6(8)2-1-3-5-4-2/h4-5H,1-3H3,(H,10,11,12);1H,(H,3,4,5). The van der Waals surface area contributed by atoms with Crippen LogP contribution in [0.2, 0.25) is 0 Å². The maximum Gasteiger partial charge on any atom is 0.410 e. The van der Waals surface area contributed by atoms with Gasteiger partial charge in [-0.05, 0) is 36.8 Å². The summed E-state index contributed by atoms with van der Waals surface area (Å²) < 4.78 is 30.8. The Morgan fingerprint density at radius 2 is 1.76 bits per heavy atom. The van der Waals surface area contributed by atoms with Crippen molar-refractivity contribution in [2.75, 3.05) is 0 Å². The van der Waals surface area contributed by atoms with Crippen LogP contribution in [-0.4, -0.2) is 33.3 Å². The van der Waals surface area contributed by atoms with Crippen LogP contribution < -0.4 is 0 Å². The summed E-state index contributed by atoms with van der Waals surface area (Å²) in [5, 5.41) is 18.2. The second-order valence-corrected chi connectivity index (χ2v) is 5.65. The molecule has 10 heteroatoms. The maximum absolute atomic E-state index is 10.9. The number of aromatic nitrogens is 3. The van der Waals surface area contributed by atoms with Crippen molar-refractivity contribution < 1.29 is 17.9 Å². The molecule has 0 fully saturated rings. The molecule has 0 aliphatic carbocycles. The molecular formula is C11H14N4O5S. The second-order valence-electron chi connectivity index (χ2n) is 4.29. The summed E-state index contributed by atoms with van der Waals surface area (Å²) in [6, 6.07) is 3.46. The van der Waals surface area contributed by atoms with E-state index < -0.39 is 15.0 Å². The Bertz CT molecular complexity index is 717. The number of nitrogens with zero attached hydrogens (tertiary/aromatic N) is 3. The van der Waals surface area contributed by atoms with E-state index in [1.807, 2.05) is 6.92 Å². The number of nitro groups is 1. The van der Waals surface area contributed by atoms with Crippen molar-refractivity contribution in [2.24, 2.45) is 0 Å². The fraction of sp³-hybridized carbons (Fsp3) is 0.273. The van der Waals surface area contributed by atoms with Crippen LogP contribution in [-0.2, 0) is 10.1 Å². The molecule has 0 spiro atoms. The van der Waals surface area contributed by atoms with E-state index in [0.29, 0.717) is 11.1 Å². The normalized spacial score (nSPS) is 10.7. The quantitative estimate of drug-likeness (QED) is 0.487. The first-order chi connectivity index (χ1) is 9.62. The molecule has 0 aliphatic heterocycles. The monoisotopic (exact) mass is 314 g/mol. The summed E-state index contributed by atoms with van der Waals surface area (Å²) in [6.07, 6.45) is 1.11. The summed E-state index contributed by atoms with van der Waals surface area (Å²) in [5.74, 6) is -0.259. The van der Waals surface area contributed by atoms with E-state index in [2.05, 4.69) is 15.4 Å². The Balaban J connectivity index is 0.000000235. The van der Waals surface area contributed by atoms with Gasteiger partial charge in [0.1, 0.15) is 11.3 Å². The zero-order valence-electron chi connectivity index (χ0n) is 11.6. The molecular weight excluding hydrogens is 300 g/mol. The van der Waals surface area contributed by atoms with Gasteiger partial charge < -0.3 is 10.1 Å². The smallest absolute Gasteiger partial charge is 0.358 e. The lowest BCUT2D eigenvalue weighted by atomic mass is 10.1. The highest BCUT2D eigenvalue weighted by Gasteiger charge is 2.15. The number of hydrogen-bond acceptors (Lipinski definition) is 6. The van der Waals surface area contributed by atoms with Crippen molar-refractivity contribution in [3.63, 3.8) is 0 Å². The average molecular weight is 314 g/mol. The number of H-pyrrole nitrogens is 1. The van der Waals surface area contributed by atoms with Crippen molar-refractivity contribution >= 4 is 15.9 Å². The Morgan fingerprint density at radius 1 is 1.24 bits per heavy atom. The molecule has 0 saturated carbocycles. The number of rotatable bonds is 2. The molecule has 9 nitrogen and oxygen atoms in total. The lowest BCUT2D eigenvalue weighted by molar-refractivity contribution is -0.389. The van der Waals surface area contributed by atoms with Crippen molar-refractivity contribution in [3.8, 4) is 0 Å². The van der Waals surface area contributed by atoms with Crippen molar-refractivity contribution in [2.45, 2.75) is 25.7 Å². The van der Waals surface area contributed by atoms with Gasteiger partial charge in [-0.1, -0.05) is 17.7 Å². The summed E-state index contributed by atoms with van der Waals surface area (Å²) in [4.78, 5) is 9.15. The van der Waals surface area contributed by atoms with Crippen molar-refractivity contribution in [1.82, 2.24) is 15.4 Å². The SMILES string of the molecule is Cc1cc(C)c(S(=O)(=O)O)c(C)c1.O=[N+]([O-])c1c[nH]nn1. The Hall–Kier alpha value is -2.33. The van der Waals surface area contributed by atoms with Crippen LogP contribution in [0.4, 0.5) is 5.82 Å². The number of hydrogen-bond donors (Lipinski definition) is 2. The summed E-state index contributed by atoms with van der Waals surface area (Å²) in [6.45, 7) is 5.22. The lowest BCUT2D eigenvalue weighted by Crippen LogP contribution is -2.04. The molecule has 0 amide bonds. The van der Waals surface area contributed by atoms with E-state index in [0.717, 1.165) is 11.8 Å². The molecule has 1 aromatic carbocycles. The molecule has 0 unspecified atom stereocenters. The van der Waals surface area contributed by atoms with Gasteiger partial charge in [-0.2, -0.15) is 8.42 Å². The Labute approximate surface area is 120 Å². The van der Waals surface area contributed by atoms with Gasteiger partial charge in [-0.15, -0.1) is 0 Å². The van der Waals surface area contributed by atoms with Gasteiger partial charge in [0, 0.05) is 5.21 Å². The molecule has 2 aromatic rings. The van der Waals surface area contributed by atoms with E-state index in [9.17, 15) is 18.5 Å². The third-order valence-electron chi connectivity index (χ3n) is 2.45. The number of aryl methyl sites for hydroxylation is 3. The van der Waals surface area contributed by atoms with Gasteiger partial charge >= 0.3 is 5.82 Å². The maximum atomic E-state index is 10.9. The average Bonchev–Trinajstić information content (AvgIpc) is 2.78. The van der Waals surface area contributed by atoms with Crippen LogP contribution >= 0.6 is 0 Å². The number of benzene rings is 1. The third-order valence-corrected chi connectivity index (χ3v) is 3.61. The first-order valence-electron chi connectivity index (χ1n) is 5.69. The molecule has 0 saturated heterocycles. The van der Waals surface area contributed by atoms with Gasteiger partial charge in [0.2, 0.25) is 0 Å². The van der Waals surface area contributed by atoms with Crippen LogP contribution in [0.3, 0.4) is 0 Å². The summed E-state index contributed by atoms with van der Waals surface area (Å²) >= 11 is 0. The second kappa shape index (κ2) is 6.41. The molecule has 0 bridgehead atoms. The predicted octanol–water partition coefficient (Wildman–Crippen LogP) is 1.57. The zero-order valence-corrected chi connectivity index (χ0v) is 12.4. The van der Waals surface area contributed by atoms with Crippen LogP contribution in [0.5, 0.6) is 0 Å². The van der Waals surface area contributed by atoms with Gasteiger partial charge in [0.25, 0.3) is 10.1 Å². The highest BCUT2D eigenvalue weighted by Crippen LogP contribution is 2.20. The van der Waals surface area contributed by atoms with Crippen LogP contribution in [0.25, 0.3) is 0 Å². The highest BCUT2D eigenvalue weighted by molar-refractivity contribution is 7.86. The minimum atomic E-state index is -4.08. The minimum absolute atomic E-state index is 0.0260. The Kier molecular flexibility index (Phi) is 5.11. The minimum Gasteiger partial charge on any atom is -0.358 e. The van der Waals surface area contributed by atoms with E-state index in [-0.39, 0.29) is 10.7 Å². The van der Waals surface area contributed by atoms with E-state index in [1.165, 1.54) is 0 Å². The first kappa shape index (κ1) is 16.7. The van der Waals surface area contributed by atoms with Crippen LogP contribution in [0.15, 0.2) is 23.2 Å². The van der Waals surface area contributed by atoms with Gasteiger partial charge in [0.15, 0.2) is 0 Å². The molecule has 114 valence electrons. The molecule has 0 aliphatic rings.